The lowest BCUT2D eigenvalue weighted by molar-refractivity contribution is -0.140. The molecule has 78 valence electrons. The van der Waals surface area contributed by atoms with E-state index in [0.29, 0.717) is 18.8 Å². The quantitative estimate of drug-likeness (QED) is 0.380. The van der Waals surface area contributed by atoms with E-state index >= 15 is 0 Å². The molecule has 0 spiro atoms. The zero-order valence-corrected chi connectivity index (χ0v) is 8.11. The van der Waals surface area contributed by atoms with Crippen molar-refractivity contribution in [3.05, 3.63) is 12.0 Å². The highest BCUT2D eigenvalue weighted by Crippen LogP contribution is 2.19. The Labute approximate surface area is 81.6 Å². The van der Waals surface area contributed by atoms with Crippen molar-refractivity contribution >= 4 is 11.9 Å². The van der Waals surface area contributed by atoms with Crippen LogP contribution < -0.4 is 0 Å². The molecule has 0 bridgehead atoms. The summed E-state index contributed by atoms with van der Waals surface area (Å²) in [6, 6.07) is 0. The van der Waals surface area contributed by atoms with Gasteiger partial charge in [0.2, 0.25) is 0 Å². The highest BCUT2D eigenvalue weighted by molar-refractivity contribution is 5.68. The lowest BCUT2D eigenvalue weighted by atomic mass is 10.3. The van der Waals surface area contributed by atoms with E-state index in [2.05, 4.69) is 4.74 Å². The van der Waals surface area contributed by atoms with Crippen LogP contribution in [0.25, 0.3) is 0 Å². The number of hydrogen-bond acceptors (Lipinski definition) is 5. The average Bonchev–Trinajstić information content (AvgIpc) is 2.83. The fraction of sp³-hybridized carbons (Fsp3) is 0.556. The smallest absolute Gasteiger partial charge is 0.307 e. The second-order valence-electron chi connectivity index (χ2n) is 2.95. The first-order valence-corrected chi connectivity index (χ1v) is 4.24. The van der Waals surface area contributed by atoms with Crippen LogP contribution in [-0.4, -0.2) is 24.6 Å². The Morgan fingerprint density at radius 3 is 2.50 bits per heavy atom. The molecule has 14 heavy (non-hydrogen) atoms. The second-order valence-corrected chi connectivity index (χ2v) is 2.95. The molecule has 5 nitrogen and oxygen atoms in total. The first-order valence-electron chi connectivity index (χ1n) is 4.24. The third kappa shape index (κ3) is 4.61. The van der Waals surface area contributed by atoms with Gasteiger partial charge in [0.05, 0.1) is 12.7 Å². The Morgan fingerprint density at radius 2 is 2.07 bits per heavy atom. The van der Waals surface area contributed by atoms with E-state index in [4.69, 9.17) is 9.47 Å². The third-order valence-corrected chi connectivity index (χ3v) is 1.46. The fourth-order valence-electron chi connectivity index (χ4n) is 0.857. The zero-order valence-electron chi connectivity index (χ0n) is 8.11. The van der Waals surface area contributed by atoms with Crippen molar-refractivity contribution in [2.24, 2.45) is 0 Å². The fourth-order valence-corrected chi connectivity index (χ4v) is 0.857. The van der Waals surface area contributed by atoms with Gasteiger partial charge in [-0.25, -0.2) is 0 Å². The van der Waals surface area contributed by atoms with Crippen LogP contribution in [0.3, 0.4) is 0 Å². The predicted octanol–water partition coefficient (Wildman–Crippen LogP) is 0.743. The van der Waals surface area contributed by atoms with Gasteiger partial charge in [0.1, 0.15) is 12.0 Å². The van der Waals surface area contributed by atoms with Gasteiger partial charge in [-0.05, 0) is 0 Å². The van der Waals surface area contributed by atoms with Crippen molar-refractivity contribution in [3.63, 3.8) is 0 Å². The summed E-state index contributed by atoms with van der Waals surface area (Å²) in [5.41, 5.74) is 0. The minimum Gasteiger partial charge on any atom is -0.431 e. The molecular weight excluding hydrogens is 188 g/mol. The van der Waals surface area contributed by atoms with Crippen molar-refractivity contribution in [2.45, 2.75) is 26.4 Å². The Morgan fingerprint density at radius 1 is 1.43 bits per heavy atom. The molecule has 1 saturated heterocycles. The third-order valence-electron chi connectivity index (χ3n) is 1.46. The average molecular weight is 200 g/mol. The molecule has 0 aromatic carbocycles. The minimum atomic E-state index is -0.452. The van der Waals surface area contributed by atoms with Gasteiger partial charge in [0.25, 0.3) is 0 Å². The highest BCUT2D eigenvalue weighted by Gasteiger charge is 2.25. The van der Waals surface area contributed by atoms with Gasteiger partial charge in [-0.3, -0.25) is 9.59 Å². The summed E-state index contributed by atoms with van der Waals surface area (Å²) in [5.74, 6) is -0.578. The van der Waals surface area contributed by atoms with Gasteiger partial charge in [-0.2, -0.15) is 0 Å². The summed E-state index contributed by atoms with van der Waals surface area (Å²) in [4.78, 5) is 21.2. The summed E-state index contributed by atoms with van der Waals surface area (Å²) in [7, 11) is 0. The van der Waals surface area contributed by atoms with Crippen LogP contribution >= 0.6 is 0 Å². The van der Waals surface area contributed by atoms with E-state index in [1.165, 1.54) is 13.8 Å². The molecule has 0 aliphatic carbocycles. The summed E-state index contributed by atoms with van der Waals surface area (Å²) >= 11 is 0. The van der Waals surface area contributed by atoms with Gasteiger partial charge in [0, 0.05) is 20.3 Å². The van der Waals surface area contributed by atoms with E-state index in [9.17, 15) is 9.59 Å². The van der Waals surface area contributed by atoms with Crippen molar-refractivity contribution in [1.29, 1.82) is 0 Å². The van der Waals surface area contributed by atoms with Crippen LogP contribution in [-0.2, 0) is 23.8 Å². The summed E-state index contributed by atoms with van der Waals surface area (Å²) in [5, 5.41) is 0. The van der Waals surface area contributed by atoms with E-state index < -0.39 is 11.9 Å². The van der Waals surface area contributed by atoms with Crippen molar-refractivity contribution in [1.82, 2.24) is 0 Å². The van der Waals surface area contributed by atoms with Crippen LogP contribution in [0.2, 0.25) is 0 Å². The monoisotopic (exact) mass is 200 g/mol. The lowest BCUT2D eigenvalue weighted by Crippen LogP contribution is -2.03. The van der Waals surface area contributed by atoms with E-state index in [1.807, 2.05) is 0 Å². The zero-order chi connectivity index (χ0) is 10.6. The molecule has 1 atom stereocenters. The molecular formula is C9H12O5. The number of epoxide rings is 1. The van der Waals surface area contributed by atoms with Gasteiger partial charge >= 0.3 is 11.9 Å². The largest absolute Gasteiger partial charge is 0.431 e. The van der Waals surface area contributed by atoms with Crippen molar-refractivity contribution in [2.75, 3.05) is 6.61 Å². The molecule has 0 aromatic heterocycles. The molecule has 1 rings (SSSR count). The molecule has 1 aliphatic heterocycles. The maximum atomic E-state index is 10.7. The molecule has 0 N–H and O–H groups in total. The summed E-state index contributed by atoms with van der Waals surface area (Å²) in [6.07, 6.45) is 1.68. The van der Waals surface area contributed by atoms with Gasteiger partial charge in [0.15, 0.2) is 0 Å². The van der Waals surface area contributed by atoms with Crippen LogP contribution in [0.1, 0.15) is 20.3 Å². The van der Waals surface area contributed by atoms with E-state index in [1.54, 1.807) is 0 Å². The van der Waals surface area contributed by atoms with Crippen LogP contribution in [0, 0.1) is 0 Å². The number of hydrogen-bond donors (Lipinski definition) is 0. The molecule has 0 amide bonds. The van der Waals surface area contributed by atoms with Crippen LogP contribution in [0.5, 0.6) is 0 Å². The molecule has 1 heterocycles. The number of esters is 2. The molecule has 5 heteroatoms. The molecule has 1 unspecified atom stereocenters. The van der Waals surface area contributed by atoms with Crippen molar-refractivity contribution in [3.8, 4) is 0 Å². The van der Waals surface area contributed by atoms with Crippen molar-refractivity contribution < 1.29 is 23.8 Å². The molecule has 1 fully saturated rings. The van der Waals surface area contributed by atoms with E-state index in [-0.39, 0.29) is 6.10 Å². The maximum Gasteiger partial charge on any atom is 0.307 e. The number of rotatable bonds is 4. The van der Waals surface area contributed by atoms with Crippen LogP contribution in [0.15, 0.2) is 12.0 Å². The topological polar surface area (TPSA) is 65.1 Å². The standard InChI is InChI=1S/C9H12O5/c1-6(10)12-5-9(14-7(2)11)3-8-4-13-8/h5,8H,3-4H2,1-2H3. The molecule has 0 radical (unpaired) electrons. The van der Waals surface area contributed by atoms with Gasteiger partial charge in [-0.15, -0.1) is 0 Å². The Bertz CT molecular complexity index is 264. The Hall–Kier alpha value is -1.36. The first kappa shape index (κ1) is 10.7. The lowest BCUT2D eigenvalue weighted by Gasteiger charge is -2.04. The maximum absolute atomic E-state index is 10.7. The number of carbonyl (C=O) groups is 2. The van der Waals surface area contributed by atoms with Crippen LogP contribution in [0.4, 0.5) is 0 Å². The second kappa shape index (κ2) is 4.76. The first-order chi connectivity index (χ1) is 6.58. The SMILES string of the molecule is CC(=O)OC=C(CC1CO1)OC(C)=O. The van der Waals surface area contributed by atoms with Gasteiger partial charge in [-0.1, -0.05) is 0 Å². The minimum absolute atomic E-state index is 0.0798. The number of carbonyl (C=O) groups excluding carboxylic acids is 2. The Kier molecular flexibility index (Phi) is 3.64. The normalized spacial score (nSPS) is 20.1. The molecule has 0 aromatic rings. The Balaban J connectivity index is 2.44. The number of ether oxygens (including phenoxy) is 3. The molecule has 0 saturated carbocycles. The molecule has 1 aliphatic rings. The van der Waals surface area contributed by atoms with E-state index in [0.717, 1.165) is 6.26 Å². The predicted molar refractivity (Wildman–Crippen MR) is 46.0 cm³/mol. The summed E-state index contributed by atoms with van der Waals surface area (Å²) < 4.78 is 14.4. The highest BCUT2D eigenvalue weighted by atomic mass is 16.6. The van der Waals surface area contributed by atoms with Gasteiger partial charge < -0.3 is 14.2 Å². The summed E-state index contributed by atoms with van der Waals surface area (Å²) in [6.45, 7) is 3.21.